The smallest absolute Gasteiger partial charge is 0.0397 e. The van der Waals surface area contributed by atoms with E-state index >= 15 is 0 Å². The van der Waals surface area contributed by atoms with E-state index in [1.54, 1.807) is 0 Å². The summed E-state index contributed by atoms with van der Waals surface area (Å²) in [6.45, 7) is 9.22. The molecule has 0 saturated heterocycles. The molecule has 0 heterocycles. The second kappa shape index (κ2) is 6.28. The molecule has 0 radical (unpaired) electrons. The molecule has 0 saturated carbocycles. The zero-order chi connectivity index (χ0) is 11.1. The number of nitrogens with one attached hydrogen (secondary N) is 1. The van der Waals surface area contributed by atoms with Gasteiger partial charge in [0.1, 0.15) is 0 Å². The standard InChI is InChI=1S/C14H21N/c1-4-6-12(3)15-11-14-9-7-13(5-2)8-10-14/h7-10,15H,3-6,11H2,1-2H3. The van der Waals surface area contributed by atoms with Crippen molar-refractivity contribution in [2.24, 2.45) is 0 Å². The van der Waals surface area contributed by atoms with E-state index in [0.29, 0.717) is 0 Å². The van der Waals surface area contributed by atoms with Crippen LogP contribution in [-0.2, 0) is 13.0 Å². The molecular formula is C14H21N. The van der Waals surface area contributed by atoms with Crippen LogP contribution in [0.25, 0.3) is 0 Å². The number of allylic oxidation sites excluding steroid dienone is 1. The maximum Gasteiger partial charge on any atom is 0.0397 e. The average molecular weight is 203 g/mol. The van der Waals surface area contributed by atoms with Gasteiger partial charge >= 0.3 is 0 Å². The predicted octanol–water partition coefficient (Wildman–Crippen LogP) is 3.65. The van der Waals surface area contributed by atoms with Gasteiger partial charge in [0, 0.05) is 12.2 Å². The molecule has 82 valence electrons. The van der Waals surface area contributed by atoms with Crippen LogP contribution in [0.3, 0.4) is 0 Å². The quantitative estimate of drug-likeness (QED) is 0.744. The third kappa shape index (κ3) is 4.20. The first-order valence-corrected chi connectivity index (χ1v) is 5.75. The number of aryl methyl sites for hydroxylation is 1. The van der Waals surface area contributed by atoms with Crippen molar-refractivity contribution in [3.8, 4) is 0 Å². The third-order valence-electron chi connectivity index (χ3n) is 2.53. The Morgan fingerprint density at radius 3 is 2.27 bits per heavy atom. The molecule has 1 aromatic rings. The topological polar surface area (TPSA) is 12.0 Å². The van der Waals surface area contributed by atoms with Crippen LogP contribution in [0, 0.1) is 0 Å². The molecule has 0 atom stereocenters. The first kappa shape index (κ1) is 11.8. The maximum atomic E-state index is 3.98. The molecule has 1 N–H and O–H groups in total. The van der Waals surface area contributed by atoms with Crippen molar-refractivity contribution in [3.05, 3.63) is 47.7 Å². The maximum absolute atomic E-state index is 3.98. The minimum absolute atomic E-state index is 0.892. The highest BCUT2D eigenvalue weighted by atomic mass is 14.9. The van der Waals surface area contributed by atoms with Crippen molar-refractivity contribution in [2.75, 3.05) is 0 Å². The molecule has 1 heteroatoms. The normalized spacial score (nSPS) is 10.0. The number of rotatable bonds is 6. The zero-order valence-corrected chi connectivity index (χ0v) is 9.84. The summed E-state index contributed by atoms with van der Waals surface area (Å²) in [5.41, 5.74) is 3.85. The molecule has 0 aliphatic carbocycles. The van der Waals surface area contributed by atoms with E-state index < -0.39 is 0 Å². The van der Waals surface area contributed by atoms with Gasteiger partial charge in [-0.2, -0.15) is 0 Å². The zero-order valence-electron chi connectivity index (χ0n) is 9.84. The Labute approximate surface area is 93.2 Å². The van der Waals surface area contributed by atoms with E-state index in [9.17, 15) is 0 Å². The van der Waals surface area contributed by atoms with Crippen molar-refractivity contribution in [3.63, 3.8) is 0 Å². The van der Waals surface area contributed by atoms with Crippen LogP contribution in [0.1, 0.15) is 37.8 Å². The highest BCUT2D eigenvalue weighted by Gasteiger charge is 1.94. The Bertz CT molecular complexity index is 298. The molecule has 1 aromatic carbocycles. The van der Waals surface area contributed by atoms with E-state index in [2.05, 4.69) is 50.0 Å². The van der Waals surface area contributed by atoms with Gasteiger partial charge in [-0.25, -0.2) is 0 Å². The summed E-state index contributed by atoms with van der Waals surface area (Å²) in [4.78, 5) is 0. The fourth-order valence-corrected chi connectivity index (χ4v) is 1.51. The third-order valence-corrected chi connectivity index (χ3v) is 2.53. The molecule has 0 spiro atoms. The highest BCUT2D eigenvalue weighted by Crippen LogP contribution is 2.06. The fourth-order valence-electron chi connectivity index (χ4n) is 1.51. The van der Waals surface area contributed by atoms with Crippen molar-refractivity contribution in [1.82, 2.24) is 5.32 Å². The van der Waals surface area contributed by atoms with Gasteiger partial charge in [0.05, 0.1) is 0 Å². The van der Waals surface area contributed by atoms with Crippen molar-refractivity contribution >= 4 is 0 Å². The molecule has 0 aliphatic heterocycles. The van der Waals surface area contributed by atoms with Crippen LogP contribution in [0.2, 0.25) is 0 Å². The van der Waals surface area contributed by atoms with Gasteiger partial charge in [0.15, 0.2) is 0 Å². The van der Waals surface area contributed by atoms with Gasteiger partial charge in [-0.3, -0.25) is 0 Å². The van der Waals surface area contributed by atoms with Crippen LogP contribution in [0.5, 0.6) is 0 Å². The van der Waals surface area contributed by atoms with Crippen LogP contribution in [0.15, 0.2) is 36.5 Å². The molecule has 0 aromatic heterocycles. The lowest BCUT2D eigenvalue weighted by Crippen LogP contribution is -2.11. The van der Waals surface area contributed by atoms with E-state index in [4.69, 9.17) is 0 Å². The van der Waals surface area contributed by atoms with E-state index in [1.807, 2.05) is 0 Å². The Morgan fingerprint density at radius 1 is 1.13 bits per heavy atom. The van der Waals surface area contributed by atoms with Crippen molar-refractivity contribution in [2.45, 2.75) is 39.7 Å². The molecular weight excluding hydrogens is 182 g/mol. The molecule has 1 nitrogen and oxygen atoms in total. The second-order valence-corrected chi connectivity index (χ2v) is 3.88. The first-order chi connectivity index (χ1) is 7.26. The van der Waals surface area contributed by atoms with Gasteiger partial charge in [-0.1, -0.05) is 51.1 Å². The Balaban J connectivity index is 2.40. The molecule has 0 aliphatic rings. The van der Waals surface area contributed by atoms with Gasteiger partial charge in [0.2, 0.25) is 0 Å². The van der Waals surface area contributed by atoms with Crippen molar-refractivity contribution < 1.29 is 0 Å². The molecule has 0 bridgehead atoms. The second-order valence-electron chi connectivity index (χ2n) is 3.88. The minimum atomic E-state index is 0.892. The summed E-state index contributed by atoms with van der Waals surface area (Å²) in [7, 11) is 0. The van der Waals surface area contributed by atoms with Gasteiger partial charge in [-0.15, -0.1) is 0 Å². The van der Waals surface area contributed by atoms with Gasteiger partial charge < -0.3 is 5.32 Å². The van der Waals surface area contributed by atoms with E-state index in [1.165, 1.54) is 11.1 Å². The van der Waals surface area contributed by atoms with Crippen LogP contribution in [-0.4, -0.2) is 0 Å². The SMILES string of the molecule is C=C(CCC)NCc1ccc(CC)cc1. The summed E-state index contributed by atoms with van der Waals surface area (Å²) in [5.74, 6) is 0. The van der Waals surface area contributed by atoms with Crippen molar-refractivity contribution in [1.29, 1.82) is 0 Å². The summed E-state index contributed by atoms with van der Waals surface area (Å²) in [6, 6.07) is 8.76. The summed E-state index contributed by atoms with van der Waals surface area (Å²) in [6.07, 6.45) is 3.32. The number of benzene rings is 1. The van der Waals surface area contributed by atoms with E-state index in [-0.39, 0.29) is 0 Å². The highest BCUT2D eigenvalue weighted by molar-refractivity contribution is 5.22. The summed E-state index contributed by atoms with van der Waals surface area (Å²) < 4.78 is 0. The number of hydrogen-bond acceptors (Lipinski definition) is 1. The lowest BCUT2D eigenvalue weighted by atomic mass is 10.1. The Morgan fingerprint density at radius 2 is 1.73 bits per heavy atom. The molecule has 1 rings (SSSR count). The Hall–Kier alpha value is -1.24. The lowest BCUT2D eigenvalue weighted by molar-refractivity contribution is 0.740. The molecule has 0 amide bonds. The Kier molecular flexibility index (Phi) is 4.96. The molecule has 0 unspecified atom stereocenters. The molecule has 15 heavy (non-hydrogen) atoms. The van der Waals surface area contributed by atoms with Gasteiger partial charge in [-0.05, 0) is 24.0 Å². The average Bonchev–Trinajstić information content (AvgIpc) is 2.27. The first-order valence-electron chi connectivity index (χ1n) is 5.75. The largest absolute Gasteiger partial charge is 0.385 e. The monoisotopic (exact) mass is 203 g/mol. The lowest BCUT2D eigenvalue weighted by Gasteiger charge is -2.08. The predicted molar refractivity (Wildman–Crippen MR) is 66.7 cm³/mol. The number of hydrogen-bond donors (Lipinski definition) is 1. The van der Waals surface area contributed by atoms with Crippen LogP contribution >= 0.6 is 0 Å². The summed E-state index contributed by atoms with van der Waals surface area (Å²) in [5, 5.41) is 3.34. The van der Waals surface area contributed by atoms with Crippen LogP contribution in [0.4, 0.5) is 0 Å². The van der Waals surface area contributed by atoms with Gasteiger partial charge in [0.25, 0.3) is 0 Å². The minimum Gasteiger partial charge on any atom is -0.385 e. The fraction of sp³-hybridized carbons (Fsp3) is 0.429. The van der Waals surface area contributed by atoms with Crippen LogP contribution < -0.4 is 5.32 Å². The van der Waals surface area contributed by atoms with E-state index in [0.717, 1.165) is 31.5 Å². The molecule has 0 fully saturated rings. The summed E-state index contributed by atoms with van der Waals surface area (Å²) >= 11 is 0.